The lowest BCUT2D eigenvalue weighted by molar-refractivity contribution is -0.155. The Kier molecular flexibility index (Phi) is 27.5. The predicted octanol–water partition coefficient (Wildman–Crippen LogP) is 10.0. The van der Waals surface area contributed by atoms with Crippen LogP contribution in [0.4, 0.5) is 0 Å². The van der Waals surface area contributed by atoms with Crippen molar-refractivity contribution in [2.45, 2.75) is 38.6 Å². The van der Waals surface area contributed by atoms with Crippen LogP contribution in [0.15, 0.2) is 243 Å². The molecule has 26 nitrogen and oxygen atoms in total. The van der Waals surface area contributed by atoms with Gasteiger partial charge in [-0.05, 0) is 97.1 Å². The number of amides is 6. The first kappa shape index (κ1) is 77.6. The zero-order valence-corrected chi connectivity index (χ0v) is 60.7. The molecule has 574 valence electrons. The minimum absolute atomic E-state index is 0.0116. The van der Waals surface area contributed by atoms with Crippen LogP contribution in [-0.4, -0.2) is 138 Å². The van der Waals surface area contributed by atoms with E-state index < -0.39 is 72.8 Å². The van der Waals surface area contributed by atoms with Crippen molar-refractivity contribution in [3.8, 4) is 57.5 Å². The highest BCUT2D eigenvalue weighted by Crippen LogP contribution is 2.31. The highest BCUT2D eigenvalue weighted by atomic mass is 16.6. The van der Waals surface area contributed by atoms with Gasteiger partial charge in [0.1, 0.15) is 110 Å². The zero-order chi connectivity index (χ0) is 77.6. The van der Waals surface area contributed by atoms with Gasteiger partial charge in [0, 0.05) is 61.5 Å². The molecule has 0 spiro atoms. The van der Waals surface area contributed by atoms with Gasteiger partial charge in [0.15, 0.2) is 25.4 Å². The minimum atomic E-state index is -1.06. The number of carbonyl (C=O) groups excluding carboxylic acids is 8. The molecule has 0 radical (unpaired) electrons. The first-order valence-electron chi connectivity index (χ1n) is 36.1. The standard InChI is InChI=1S/C86H80N6O20/c93-79(111-61-51-105-69-31-11-1-21-57(69)47-101-73-35-15-5-25-63(73)81(95)87-41-42-88-82(96)64-26-6-16-36-74(64)102-48-58-22-2-12-32-70(58)106-52-61)55-109-77-39-19-9-29-67(77)85(99)91-45-46-92-86(100)68-30-10-20-40-78(68)110-56-80(94)112-62-53-107-71-33-13-3-23-59(71)49-103-75-37-17-7-27-65(75)83(97)89-43-44-90-84(98)66-28-8-18-38-76(66)104-50-60-24-4-14-34-72(60)108-54-62/h1-40,61-62H,41-56H2,(H,87,95)(H,88,96)(H,89,97)(H,90,98)(H,91,99)(H,92,100). The monoisotopic (exact) mass is 1520 g/mol. The highest BCUT2D eigenvalue weighted by Gasteiger charge is 2.26. The van der Waals surface area contributed by atoms with Crippen molar-refractivity contribution in [2.75, 3.05) is 78.9 Å². The Morgan fingerprint density at radius 2 is 0.545 bits per heavy atom. The number of fused-ring (bicyclic) bond motifs is 8. The molecule has 0 bridgehead atoms. The first-order chi connectivity index (χ1) is 54.9. The molecule has 0 unspecified atom stereocenters. The SMILES string of the molecule is O=C(COc1ccccc1C(=O)NCCNC(=O)c1ccccc1OCC(=O)OC1COc2ccccc2COc2ccccc2C(=O)NCCNC(=O)c2ccccc2OCc2ccccc2OC1)OC1COc2ccccc2COc2ccccc2C(=O)NCCNC(=O)c2ccccc2OCc2ccccc2OC1. The van der Waals surface area contributed by atoms with Crippen molar-refractivity contribution in [3.63, 3.8) is 0 Å². The number of hydrogen-bond acceptors (Lipinski definition) is 20. The van der Waals surface area contributed by atoms with Crippen LogP contribution in [0.25, 0.3) is 0 Å². The molecule has 2 aliphatic heterocycles. The van der Waals surface area contributed by atoms with E-state index in [1.807, 2.05) is 0 Å². The Balaban J connectivity index is 0.661. The molecule has 6 N–H and O–H groups in total. The smallest absolute Gasteiger partial charge is 0.344 e. The summed E-state index contributed by atoms with van der Waals surface area (Å²) in [5.74, 6) is -1.57. The van der Waals surface area contributed by atoms with Gasteiger partial charge in [-0.3, -0.25) is 28.8 Å². The summed E-state index contributed by atoms with van der Waals surface area (Å²) in [5.41, 5.74) is 3.68. The van der Waals surface area contributed by atoms with Crippen LogP contribution in [0.3, 0.4) is 0 Å². The number of ether oxygens (including phenoxy) is 12. The lowest BCUT2D eigenvalue weighted by Gasteiger charge is -2.21. The van der Waals surface area contributed by atoms with Gasteiger partial charge in [-0.1, -0.05) is 146 Å². The molecule has 2 aliphatic rings. The summed E-state index contributed by atoms with van der Waals surface area (Å²) in [4.78, 5) is 109. The number of benzene rings is 10. The average molecular weight is 1520 g/mol. The number of esters is 2. The van der Waals surface area contributed by atoms with Crippen molar-refractivity contribution in [1.29, 1.82) is 0 Å². The molecule has 0 fully saturated rings. The third-order valence-corrected chi connectivity index (χ3v) is 17.3. The van der Waals surface area contributed by atoms with Crippen LogP contribution in [0, 0.1) is 0 Å². The summed E-state index contributed by atoms with van der Waals surface area (Å²) < 4.78 is 74.1. The van der Waals surface area contributed by atoms with Gasteiger partial charge in [-0.25, -0.2) is 9.59 Å². The van der Waals surface area contributed by atoms with Gasteiger partial charge in [0.05, 0.1) is 33.4 Å². The Morgan fingerprint density at radius 1 is 0.304 bits per heavy atom. The van der Waals surface area contributed by atoms with Crippen molar-refractivity contribution < 1.29 is 95.2 Å². The van der Waals surface area contributed by atoms with Crippen LogP contribution >= 0.6 is 0 Å². The fourth-order valence-corrected chi connectivity index (χ4v) is 11.7. The molecule has 26 heteroatoms. The molecule has 0 saturated heterocycles. The Morgan fingerprint density at radius 3 is 0.830 bits per heavy atom. The predicted molar refractivity (Wildman–Crippen MR) is 408 cm³/mol. The van der Waals surface area contributed by atoms with E-state index in [4.69, 9.17) is 56.8 Å². The molecule has 10 aromatic carbocycles. The summed E-state index contributed by atoms with van der Waals surface area (Å²) in [6, 6.07) is 67.9. The van der Waals surface area contributed by atoms with Gasteiger partial charge in [0.25, 0.3) is 35.4 Å². The Hall–Kier alpha value is -14.0. The maximum absolute atomic E-state index is 13.9. The topological polar surface area (TPSA) is 319 Å². The highest BCUT2D eigenvalue weighted by molar-refractivity contribution is 6.00. The molecule has 112 heavy (non-hydrogen) atoms. The average Bonchev–Trinajstić information content (AvgIpc) is 0.999. The molecule has 0 aromatic heterocycles. The summed E-state index contributed by atoms with van der Waals surface area (Å²) in [5, 5.41) is 16.9. The molecule has 12 rings (SSSR count). The van der Waals surface area contributed by atoms with E-state index in [-0.39, 0.29) is 137 Å². The van der Waals surface area contributed by atoms with Gasteiger partial charge in [-0.15, -0.1) is 0 Å². The lowest BCUT2D eigenvalue weighted by Crippen LogP contribution is -2.35. The summed E-state index contributed by atoms with van der Waals surface area (Å²) in [6.45, 7) is -1.81. The van der Waals surface area contributed by atoms with Crippen LogP contribution in [0.2, 0.25) is 0 Å². The number of nitrogens with one attached hydrogen (secondary N) is 6. The molecular weight excluding hydrogens is 1440 g/mol. The molecule has 0 aliphatic carbocycles. The van der Waals surface area contributed by atoms with Crippen molar-refractivity contribution in [2.24, 2.45) is 0 Å². The van der Waals surface area contributed by atoms with E-state index in [1.54, 1.807) is 218 Å². The van der Waals surface area contributed by atoms with E-state index in [0.29, 0.717) is 68.2 Å². The van der Waals surface area contributed by atoms with E-state index >= 15 is 0 Å². The quantitative estimate of drug-likeness (QED) is 0.0462. The second kappa shape index (κ2) is 39.7. The number of carbonyl (C=O) groups is 8. The summed E-state index contributed by atoms with van der Waals surface area (Å²) >= 11 is 0. The van der Waals surface area contributed by atoms with E-state index in [0.717, 1.165) is 0 Å². The van der Waals surface area contributed by atoms with Crippen LogP contribution < -0.4 is 79.3 Å². The third-order valence-electron chi connectivity index (χ3n) is 17.3. The second-order valence-electron chi connectivity index (χ2n) is 25.1. The molecule has 0 saturated carbocycles. The Bertz CT molecular complexity index is 4430. The lowest BCUT2D eigenvalue weighted by atomic mass is 10.1. The van der Waals surface area contributed by atoms with Gasteiger partial charge < -0.3 is 88.7 Å². The minimum Gasteiger partial charge on any atom is -0.489 e. The van der Waals surface area contributed by atoms with Crippen LogP contribution in [0.5, 0.6) is 57.5 Å². The third kappa shape index (κ3) is 21.9. The van der Waals surface area contributed by atoms with Gasteiger partial charge >= 0.3 is 11.9 Å². The molecule has 2 heterocycles. The van der Waals surface area contributed by atoms with E-state index in [1.165, 1.54) is 24.3 Å². The van der Waals surface area contributed by atoms with E-state index in [2.05, 4.69) is 31.9 Å². The summed E-state index contributed by atoms with van der Waals surface area (Å²) in [7, 11) is 0. The molecular formula is C86H80N6O20. The Labute approximate surface area is 644 Å². The first-order valence-corrected chi connectivity index (χ1v) is 36.1. The number of hydrogen-bond donors (Lipinski definition) is 6. The van der Waals surface area contributed by atoms with E-state index in [9.17, 15) is 38.4 Å². The maximum Gasteiger partial charge on any atom is 0.344 e. The fourth-order valence-electron chi connectivity index (χ4n) is 11.7. The van der Waals surface area contributed by atoms with Crippen LogP contribution in [0.1, 0.15) is 84.4 Å². The van der Waals surface area contributed by atoms with Crippen molar-refractivity contribution >= 4 is 47.4 Å². The molecule has 6 amide bonds. The maximum atomic E-state index is 13.9. The second-order valence-corrected chi connectivity index (χ2v) is 25.1. The van der Waals surface area contributed by atoms with Crippen molar-refractivity contribution in [1.82, 2.24) is 31.9 Å². The largest absolute Gasteiger partial charge is 0.489 e. The van der Waals surface area contributed by atoms with Crippen molar-refractivity contribution in [3.05, 3.63) is 298 Å². The van der Waals surface area contributed by atoms with Gasteiger partial charge in [0.2, 0.25) is 0 Å². The molecule has 0 atom stereocenters. The normalized spacial score (nSPS) is 14.2. The fraction of sp³-hybridized carbons (Fsp3) is 0.209. The van der Waals surface area contributed by atoms with Crippen LogP contribution in [-0.2, 0) is 45.5 Å². The summed E-state index contributed by atoms with van der Waals surface area (Å²) in [6.07, 6.45) is -2.13. The number of para-hydroxylation sites is 10. The zero-order valence-electron chi connectivity index (χ0n) is 60.7. The number of rotatable bonds is 13. The van der Waals surface area contributed by atoms with Gasteiger partial charge in [-0.2, -0.15) is 0 Å². The molecule has 10 aromatic rings.